The Morgan fingerprint density at radius 3 is 2.30 bits per heavy atom. The molecule has 4 nitrogen and oxygen atoms in total. The molecule has 122 valence electrons. The Morgan fingerprint density at radius 1 is 1.04 bits per heavy atom. The minimum atomic E-state index is -3.70. The van der Waals surface area contributed by atoms with E-state index in [-0.39, 0.29) is 17.5 Å². The molecule has 1 N–H and O–H groups in total. The SMILES string of the molecule is O=S(=O)(c1ccc(Cl)cc1)N1[C@@H](CO)CC[C@H]1c1ccccc1. The Hall–Kier alpha value is -1.40. The minimum absolute atomic E-state index is 0.184. The Morgan fingerprint density at radius 2 is 1.70 bits per heavy atom. The lowest BCUT2D eigenvalue weighted by Gasteiger charge is -2.29. The number of benzene rings is 2. The molecular weight excluding hydrogens is 334 g/mol. The monoisotopic (exact) mass is 351 g/mol. The second-order valence-electron chi connectivity index (χ2n) is 5.63. The lowest BCUT2D eigenvalue weighted by Crippen LogP contribution is -2.39. The van der Waals surface area contributed by atoms with E-state index in [2.05, 4.69) is 0 Å². The maximum Gasteiger partial charge on any atom is 0.243 e. The van der Waals surface area contributed by atoms with Crippen molar-refractivity contribution in [1.82, 2.24) is 4.31 Å². The van der Waals surface area contributed by atoms with Crippen molar-refractivity contribution in [3.05, 3.63) is 65.2 Å². The molecule has 1 heterocycles. The van der Waals surface area contributed by atoms with Crippen molar-refractivity contribution in [2.24, 2.45) is 0 Å². The summed E-state index contributed by atoms with van der Waals surface area (Å²) in [7, 11) is -3.70. The van der Waals surface area contributed by atoms with Gasteiger partial charge in [0.15, 0.2) is 0 Å². The summed E-state index contributed by atoms with van der Waals surface area (Å²) >= 11 is 5.85. The van der Waals surface area contributed by atoms with E-state index in [0.29, 0.717) is 17.9 Å². The van der Waals surface area contributed by atoms with Crippen LogP contribution in [-0.2, 0) is 10.0 Å². The Kier molecular flexibility index (Phi) is 4.73. The van der Waals surface area contributed by atoms with Gasteiger partial charge in [-0.2, -0.15) is 4.31 Å². The van der Waals surface area contributed by atoms with Crippen LogP contribution in [0, 0.1) is 0 Å². The fourth-order valence-electron chi connectivity index (χ4n) is 3.11. The van der Waals surface area contributed by atoms with Gasteiger partial charge in [0.1, 0.15) is 0 Å². The molecule has 1 aliphatic rings. The highest BCUT2D eigenvalue weighted by atomic mass is 35.5. The zero-order valence-corrected chi connectivity index (χ0v) is 14.0. The summed E-state index contributed by atoms with van der Waals surface area (Å²) in [5.41, 5.74) is 0.945. The molecule has 3 rings (SSSR count). The van der Waals surface area contributed by atoms with Gasteiger partial charge < -0.3 is 5.11 Å². The van der Waals surface area contributed by atoms with E-state index < -0.39 is 16.1 Å². The van der Waals surface area contributed by atoms with Crippen LogP contribution >= 0.6 is 11.6 Å². The third kappa shape index (κ3) is 3.15. The van der Waals surface area contributed by atoms with Gasteiger partial charge >= 0.3 is 0 Å². The second kappa shape index (κ2) is 6.61. The highest BCUT2D eigenvalue weighted by Crippen LogP contribution is 2.40. The Labute approximate surface area is 141 Å². The van der Waals surface area contributed by atoms with Crippen LogP contribution < -0.4 is 0 Å². The molecule has 0 spiro atoms. The van der Waals surface area contributed by atoms with Crippen LogP contribution in [0.25, 0.3) is 0 Å². The van der Waals surface area contributed by atoms with Gasteiger partial charge in [-0.3, -0.25) is 0 Å². The number of aliphatic hydroxyl groups is 1. The molecule has 0 aliphatic carbocycles. The molecule has 0 amide bonds. The van der Waals surface area contributed by atoms with Gasteiger partial charge in [0.2, 0.25) is 10.0 Å². The zero-order chi connectivity index (χ0) is 16.4. The van der Waals surface area contributed by atoms with E-state index in [9.17, 15) is 13.5 Å². The fraction of sp³-hybridized carbons (Fsp3) is 0.294. The first kappa shape index (κ1) is 16.5. The molecule has 23 heavy (non-hydrogen) atoms. The normalized spacial score (nSPS) is 22.3. The van der Waals surface area contributed by atoms with Crippen molar-refractivity contribution in [3.8, 4) is 0 Å². The van der Waals surface area contributed by atoms with Gasteiger partial charge in [0.05, 0.1) is 17.5 Å². The van der Waals surface area contributed by atoms with E-state index in [4.69, 9.17) is 11.6 Å². The average Bonchev–Trinajstić information content (AvgIpc) is 3.01. The average molecular weight is 352 g/mol. The molecule has 1 saturated heterocycles. The molecule has 1 aliphatic heterocycles. The summed E-state index contributed by atoms with van der Waals surface area (Å²) in [6.07, 6.45) is 1.34. The van der Waals surface area contributed by atoms with Crippen LogP contribution in [0.3, 0.4) is 0 Å². The summed E-state index contributed by atoms with van der Waals surface area (Å²) in [6.45, 7) is -0.184. The molecule has 2 atom stereocenters. The van der Waals surface area contributed by atoms with Gasteiger partial charge in [-0.25, -0.2) is 8.42 Å². The molecule has 1 fully saturated rings. The number of sulfonamides is 1. The summed E-state index contributed by atoms with van der Waals surface area (Å²) in [5.74, 6) is 0. The van der Waals surface area contributed by atoms with Gasteiger partial charge in [-0.05, 0) is 42.7 Å². The molecule has 2 aromatic rings. The van der Waals surface area contributed by atoms with Crippen LogP contribution in [0.1, 0.15) is 24.4 Å². The van der Waals surface area contributed by atoms with Crippen molar-refractivity contribution >= 4 is 21.6 Å². The van der Waals surface area contributed by atoms with E-state index in [1.807, 2.05) is 30.3 Å². The predicted molar refractivity (Wildman–Crippen MR) is 89.8 cm³/mol. The number of hydrogen-bond acceptors (Lipinski definition) is 3. The molecule has 0 saturated carbocycles. The minimum Gasteiger partial charge on any atom is -0.395 e. The van der Waals surface area contributed by atoms with Crippen LogP contribution in [0.5, 0.6) is 0 Å². The Balaban J connectivity index is 2.03. The van der Waals surface area contributed by atoms with Crippen molar-refractivity contribution < 1.29 is 13.5 Å². The van der Waals surface area contributed by atoms with Crippen molar-refractivity contribution in [3.63, 3.8) is 0 Å². The second-order valence-corrected chi connectivity index (χ2v) is 7.91. The van der Waals surface area contributed by atoms with Crippen LogP contribution in [-0.4, -0.2) is 30.5 Å². The van der Waals surface area contributed by atoms with Crippen molar-refractivity contribution in [1.29, 1.82) is 0 Å². The topological polar surface area (TPSA) is 57.6 Å². The van der Waals surface area contributed by atoms with Gasteiger partial charge in [-0.15, -0.1) is 0 Å². The summed E-state index contributed by atoms with van der Waals surface area (Å²) in [4.78, 5) is 0.197. The lowest BCUT2D eigenvalue weighted by atomic mass is 10.1. The van der Waals surface area contributed by atoms with Crippen molar-refractivity contribution in [2.75, 3.05) is 6.61 Å². The van der Waals surface area contributed by atoms with E-state index >= 15 is 0 Å². The first-order chi connectivity index (χ1) is 11.0. The Bertz CT molecular complexity index is 762. The molecule has 6 heteroatoms. The largest absolute Gasteiger partial charge is 0.395 e. The molecular formula is C17H18ClNO3S. The maximum absolute atomic E-state index is 13.1. The number of hydrogen-bond donors (Lipinski definition) is 1. The summed E-state index contributed by atoms with van der Waals surface area (Å²) < 4.78 is 27.6. The fourth-order valence-corrected chi connectivity index (χ4v) is 5.09. The van der Waals surface area contributed by atoms with E-state index in [1.54, 1.807) is 12.1 Å². The predicted octanol–water partition coefficient (Wildman–Crippen LogP) is 3.23. The third-order valence-corrected chi connectivity index (χ3v) is 6.45. The van der Waals surface area contributed by atoms with Gasteiger partial charge in [0, 0.05) is 11.1 Å². The molecule has 0 unspecified atom stereocenters. The first-order valence-electron chi connectivity index (χ1n) is 7.49. The number of nitrogens with zero attached hydrogens (tertiary/aromatic N) is 1. The maximum atomic E-state index is 13.1. The number of aliphatic hydroxyl groups excluding tert-OH is 1. The highest BCUT2D eigenvalue weighted by molar-refractivity contribution is 7.89. The third-order valence-electron chi connectivity index (χ3n) is 4.22. The summed E-state index contributed by atoms with van der Waals surface area (Å²) in [6, 6.07) is 15.0. The molecule has 0 radical (unpaired) electrons. The number of rotatable bonds is 4. The summed E-state index contributed by atoms with van der Waals surface area (Å²) in [5, 5.41) is 10.1. The van der Waals surface area contributed by atoms with Crippen LogP contribution in [0.4, 0.5) is 0 Å². The molecule has 0 bridgehead atoms. The standard InChI is InChI=1S/C17H18ClNO3S/c18-14-6-9-16(10-7-14)23(21,22)19-15(12-20)8-11-17(19)13-4-2-1-3-5-13/h1-7,9-10,15,17,20H,8,11-12H2/t15-,17+/m1/s1. The highest BCUT2D eigenvalue weighted by Gasteiger charge is 2.42. The smallest absolute Gasteiger partial charge is 0.243 e. The first-order valence-corrected chi connectivity index (χ1v) is 9.31. The quantitative estimate of drug-likeness (QED) is 0.920. The van der Waals surface area contributed by atoms with Gasteiger partial charge in [0.25, 0.3) is 0 Å². The molecule has 0 aromatic heterocycles. The van der Waals surface area contributed by atoms with Crippen LogP contribution in [0.15, 0.2) is 59.5 Å². The lowest BCUT2D eigenvalue weighted by molar-refractivity contribution is 0.197. The number of halogens is 1. The molecule has 2 aromatic carbocycles. The van der Waals surface area contributed by atoms with Crippen molar-refractivity contribution in [2.45, 2.75) is 29.8 Å². The van der Waals surface area contributed by atoms with Crippen LogP contribution in [0.2, 0.25) is 5.02 Å². The van der Waals surface area contributed by atoms with Gasteiger partial charge in [-0.1, -0.05) is 41.9 Å². The van der Waals surface area contributed by atoms with E-state index in [1.165, 1.54) is 16.4 Å². The zero-order valence-electron chi connectivity index (χ0n) is 12.5. The van der Waals surface area contributed by atoms with E-state index in [0.717, 1.165) is 5.56 Å².